The molecule has 8 heteroatoms. The topological polar surface area (TPSA) is 100 Å². The number of nitrogens with zero attached hydrogens (tertiary/aromatic N) is 4. The van der Waals surface area contributed by atoms with E-state index in [1.54, 1.807) is 6.20 Å². The molecule has 0 unspecified atom stereocenters. The highest BCUT2D eigenvalue weighted by atomic mass is 16.5. The van der Waals surface area contributed by atoms with E-state index in [4.69, 9.17) is 15.2 Å². The summed E-state index contributed by atoms with van der Waals surface area (Å²) in [5.41, 5.74) is 12.8. The maximum atomic E-state index is 6.16. The first-order chi connectivity index (χ1) is 12.3. The molecule has 1 saturated heterocycles. The van der Waals surface area contributed by atoms with Crippen LogP contribution in [0.1, 0.15) is 25.6 Å². The minimum Gasteiger partial charge on any atom is -0.382 e. The molecule has 25 heavy (non-hydrogen) atoms. The highest BCUT2D eigenvalue weighted by molar-refractivity contribution is 6.04. The van der Waals surface area contributed by atoms with Crippen molar-refractivity contribution < 1.29 is 9.47 Å². The summed E-state index contributed by atoms with van der Waals surface area (Å²) in [4.78, 5) is 13.6. The van der Waals surface area contributed by atoms with Crippen molar-refractivity contribution in [1.29, 1.82) is 0 Å². The first-order valence-electron chi connectivity index (χ1n) is 8.61. The molecule has 3 aromatic rings. The first kappa shape index (κ1) is 16.0. The Morgan fingerprint density at radius 2 is 2.16 bits per heavy atom. The number of rotatable bonds is 5. The van der Waals surface area contributed by atoms with Crippen molar-refractivity contribution >= 4 is 27.9 Å². The standard InChI is InChI=1S/C17H22N6O2/c1-2-24-10-13-21-15-16(23(13)22-11-5-8-25-9-6-11)14-12(20-17(15)18)4-3-7-19-14/h3-4,7,11,22H,2,5-6,8-10H2,1H3,(H2,18,20). The van der Waals surface area contributed by atoms with E-state index in [9.17, 15) is 0 Å². The lowest BCUT2D eigenvalue weighted by atomic mass is 10.1. The van der Waals surface area contributed by atoms with E-state index in [0.717, 1.165) is 48.4 Å². The summed E-state index contributed by atoms with van der Waals surface area (Å²) in [7, 11) is 0. The Hall–Kier alpha value is -2.45. The minimum absolute atomic E-state index is 0.305. The van der Waals surface area contributed by atoms with Crippen molar-refractivity contribution in [3.8, 4) is 0 Å². The van der Waals surface area contributed by atoms with E-state index in [1.807, 2.05) is 23.7 Å². The van der Waals surface area contributed by atoms with Crippen molar-refractivity contribution in [2.75, 3.05) is 31.0 Å². The number of nitrogens with one attached hydrogen (secondary N) is 1. The van der Waals surface area contributed by atoms with Crippen molar-refractivity contribution in [1.82, 2.24) is 19.6 Å². The fourth-order valence-electron chi connectivity index (χ4n) is 3.15. The molecule has 0 bridgehead atoms. The Balaban J connectivity index is 1.88. The number of pyridine rings is 2. The zero-order valence-corrected chi connectivity index (χ0v) is 14.2. The van der Waals surface area contributed by atoms with Crippen LogP contribution in [0.3, 0.4) is 0 Å². The van der Waals surface area contributed by atoms with Crippen LogP contribution in [0.5, 0.6) is 0 Å². The van der Waals surface area contributed by atoms with Crippen molar-refractivity contribution in [2.45, 2.75) is 32.4 Å². The van der Waals surface area contributed by atoms with E-state index in [-0.39, 0.29) is 0 Å². The Bertz CT molecular complexity index is 888. The van der Waals surface area contributed by atoms with Crippen LogP contribution >= 0.6 is 0 Å². The number of anilines is 1. The molecule has 4 rings (SSSR count). The highest BCUT2D eigenvalue weighted by Gasteiger charge is 2.21. The van der Waals surface area contributed by atoms with Crippen LogP contribution in [0.25, 0.3) is 22.1 Å². The van der Waals surface area contributed by atoms with E-state index in [1.165, 1.54) is 0 Å². The lowest BCUT2D eigenvalue weighted by Gasteiger charge is -2.25. The minimum atomic E-state index is 0.305. The molecule has 1 aliphatic heterocycles. The molecule has 132 valence electrons. The third-order valence-electron chi connectivity index (χ3n) is 4.41. The molecule has 0 spiro atoms. The first-order valence-corrected chi connectivity index (χ1v) is 8.61. The summed E-state index contributed by atoms with van der Waals surface area (Å²) in [6, 6.07) is 4.07. The second-order valence-electron chi connectivity index (χ2n) is 6.08. The van der Waals surface area contributed by atoms with Gasteiger partial charge in [0.2, 0.25) is 0 Å². The molecule has 3 aromatic heterocycles. The van der Waals surface area contributed by atoms with Gasteiger partial charge >= 0.3 is 0 Å². The van der Waals surface area contributed by atoms with Crippen molar-refractivity contribution in [3.63, 3.8) is 0 Å². The van der Waals surface area contributed by atoms with Gasteiger partial charge < -0.3 is 20.6 Å². The average Bonchev–Trinajstić information content (AvgIpc) is 3.00. The van der Waals surface area contributed by atoms with Crippen LogP contribution in [0, 0.1) is 0 Å². The van der Waals surface area contributed by atoms with Gasteiger partial charge in [-0.15, -0.1) is 0 Å². The number of hydrogen-bond acceptors (Lipinski definition) is 7. The van der Waals surface area contributed by atoms with Crippen LogP contribution in [0.4, 0.5) is 5.82 Å². The molecule has 3 N–H and O–H groups in total. The van der Waals surface area contributed by atoms with E-state index in [2.05, 4.69) is 20.4 Å². The normalized spacial score (nSPS) is 15.9. The second kappa shape index (κ2) is 6.81. The Morgan fingerprint density at radius 3 is 2.96 bits per heavy atom. The van der Waals surface area contributed by atoms with Gasteiger partial charge in [-0.1, -0.05) is 0 Å². The van der Waals surface area contributed by atoms with Gasteiger partial charge in [-0.2, -0.15) is 0 Å². The van der Waals surface area contributed by atoms with Crippen molar-refractivity contribution in [3.05, 3.63) is 24.2 Å². The molecular formula is C17H22N6O2. The van der Waals surface area contributed by atoms with Gasteiger partial charge in [0.15, 0.2) is 11.6 Å². The fourth-order valence-corrected chi connectivity index (χ4v) is 3.15. The maximum absolute atomic E-state index is 6.16. The summed E-state index contributed by atoms with van der Waals surface area (Å²) >= 11 is 0. The molecule has 4 heterocycles. The summed E-state index contributed by atoms with van der Waals surface area (Å²) < 4.78 is 13.0. The molecule has 0 amide bonds. The van der Waals surface area contributed by atoms with Gasteiger partial charge in [0.25, 0.3) is 0 Å². The molecule has 1 fully saturated rings. The van der Waals surface area contributed by atoms with Crippen LogP contribution in [-0.4, -0.2) is 45.5 Å². The third-order valence-corrected chi connectivity index (χ3v) is 4.41. The van der Waals surface area contributed by atoms with E-state index < -0.39 is 0 Å². The molecule has 1 aliphatic rings. The van der Waals surface area contributed by atoms with Crippen LogP contribution in [0.15, 0.2) is 18.3 Å². The van der Waals surface area contributed by atoms with E-state index >= 15 is 0 Å². The lowest BCUT2D eigenvalue weighted by molar-refractivity contribution is 0.0873. The molecule has 0 saturated carbocycles. The maximum Gasteiger partial charge on any atom is 0.154 e. The molecule has 0 aromatic carbocycles. The molecule has 0 aliphatic carbocycles. The Labute approximate surface area is 145 Å². The Morgan fingerprint density at radius 1 is 1.32 bits per heavy atom. The number of hydrogen-bond donors (Lipinski definition) is 2. The SMILES string of the molecule is CCOCc1nc2c(N)nc3cccnc3c2n1NC1CCOCC1. The number of nitrogens with two attached hydrogens (primary N) is 1. The zero-order chi connectivity index (χ0) is 17.2. The number of fused-ring (bicyclic) bond motifs is 3. The zero-order valence-electron chi connectivity index (χ0n) is 14.2. The summed E-state index contributed by atoms with van der Waals surface area (Å²) in [5.74, 6) is 1.18. The smallest absolute Gasteiger partial charge is 0.154 e. The van der Waals surface area contributed by atoms with Crippen LogP contribution in [0.2, 0.25) is 0 Å². The lowest BCUT2D eigenvalue weighted by Crippen LogP contribution is -2.34. The monoisotopic (exact) mass is 342 g/mol. The number of nitrogen functional groups attached to an aromatic ring is 1. The molecule has 8 nitrogen and oxygen atoms in total. The van der Waals surface area contributed by atoms with Gasteiger partial charge in [-0.05, 0) is 31.9 Å². The largest absolute Gasteiger partial charge is 0.382 e. The van der Waals surface area contributed by atoms with Crippen molar-refractivity contribution in [2.24, 2.45) is 0 Å². The predicted molar refractivity (Wildman–Crippen MR) is 95.8 cm³/mol. The molecule has 0 atom stereocenters. The van der Waals surface area contributed by atoms with Gasteiger partial charge in [0.05, 0.1) is 5.52 Å². The molecule has 0 radical (unpaired) electrons. The number of aromatic nitrogens is 4. The summed E-state index contributed by atoms with van der Waals surface area (Å²) in [5, 5.41) is 0. The van der Waals surface area contributed by atoms with Crippen LogP contribution in [-0.2, 0) is 16.1 Å². The van der Waals surface area contributed by atoms with Gasteiger partial charge in [-0.25, -0.2) is 14.6 Å². The fraction of sp³-hybridized carbons (Fsp3) is 0.471. The second-order valence-corrected chi connectivity index (χ2v) is 6.08. The quantitative estimate of drug-likeness (QED) is 0.729. The molecular weight excluding hydrogens is 320 g/mol. The third kappa shape index (κ3) is 2.98. The average molecular weight is 342 g/mol. The summed E-state index contributed by atoms with van der Waals surface area (Å²) in [6.07, 6.45) is 3.65. The van der Waals surface area contributed by atoms with Gasteiger partial charge in [0, 0.05) is 32.1 Å². The summed E-state index contributed by atoms with van der Waals surface area (Å²) in [6.45, 7) is 4.50. The highest BCUT2D eigenvalue weighted by Crippen LogP contribution is 2.27. The van der Waals surface area contributed by atoms with Crippen LogP contribution < -0.4 is 11.2 Å². The van der Waals surface area contributed by atoms with E-state index in [0.29, 0.717) is 30.6 Å². The van der Waals surface area contributed by atoms with Gasteiger partial charge in [-0.3, -0.25) is 4.98 Å². The number of ether oxygens (including phenoxy) is 2. The predicted octanol–water partition coefficient (Wildman–Crippen LogP) is 1.82. The number of imidazole rings is 1. The van der Waals surface area contributed by atoms with Gasteiger partial charge in [0.1, 0.15) is 23.2 Å². The Kier molecular flexibility index (Phi) is 4.37.